The van der Waals surface area contributed by atoms with Crippen molar-refractivity contribution in [2.75, 3.05) is 0 Å². The highest BCUT2D eigenvalue weighted by Crippen LogP contribution is 2.44. The summed E-state index contributed by atoms with van der Waals surface area (Å²) in [5.41, 5.74) is -2.50. The predicted molar refractivity (Wildman–Crippen MR) is 104 cm³/mol. The minimum Gasteiger partial charge on any atom is -0.374 e. The molecule has 0 bridgehead atoms. The molecule has 1 unspecified atom stereocenters. The molecule has 160 valence electrons. The number of rotatable bonds is 6. The molecule has 3 aromatic heterocycles. The number of hydrogen-bond donors (Lipinski definition) is 2. The zero-order valence-electron chi connectivity index (χ0n) is 15.6. The third-order valence-electron chi connectivity index (χ3n) is 4.38. The van der Waals surface area contributed by atoms with E-state index in [2.05, 4.69) is 25.4 Å². The van der Waals surface area contributed by atoms with Gasteiger partial charge in [-0.1, -0.05) is 17.3 Å². The van der Waals surface area contributed by atoms with Gasteiger partial charge in [0.2, 0.25) is 23.2 Å². The van der Waals surface area contributed by atoms with Gasteiger partial charge in [-0.25, -0.2) is 4.98 Å². The van der Waals surface area contributed by atoms with Gasteiger partial charge in [-0.2, -0.15) is 18.2 Å². The number of carbonyl (C=O) groups is 1. The van der Waals surface area contributed by atoms with E-state index >= 15 is 0 Å². The van der Waals surface area contributed by atoms with Crippen molar-refractivity contribution in [2.45, 2.75) is 24.7 Å². The summed E-state index contributed by atoms with van der Waals surface area (Å²) < 4.78 is 46.6. The quantitative estimate of drug-likeness (QED) is 0.465. The number of para-hydroxylation sites is 1. The van der Waals surface area contributed by atoms with Gasteiger partial charge in [0.1, 0.15) is 5.01 Å². The van der Waals surface area contributed by atoms with E-state index in [-0.39, 0.29) is 18.3 Å². The number of carbonyl (C=O) groups excluding carboxylic acids is 1. The number of hydrogen-bond acceptors (Lipinski definition) is 8. The summed E-state index contributed by atoms with van der Waals surface area (Å²) in [5, 5.41) is 15.9. The Morgan fingerprint density at radius 3 is 2.58 bits per heavy atom. The molecule has 4 aromatic rings. The van der Waals surface area contributed by atoms with Crippen LogP contribution in [-0.2, 0) is 16.9 Å². The van der Waals surface area contributed by atoms with Gasteiger partial charge in [-0.05, 0) is 24.3 Å². The Labute approximate surface area is 176 Å². The number of benzene rings is 1. The van der Waals surface area contributed by atoms with Gasteiger partial charge in [-0.15, -0.1) is 11.3 Å². The number of aliphatic hydroxyl groups is 1. The second-order valence-corrected chi connectivity index (χ2v) is 7.58. The first-order chi connectivity index (χ1) is 14.8. The maximum atomic E-state index is 13.7. The molecule has 31 heavy (non-hydrogen) atoms. The molecule has 3 heterocycles. The summed E-state index contributed by atoms with van der Waals surface area (Å²) in [6.07, 6.45) is -3.31. The van der Waals surface area contributed by atoms with Crippen molar-refractivity contribution in [1.29, 1.82) is 0 Å². The second kappa shape index (κ2) is 8.04. The van der Waals surface area contributed by atoms with Crippen molar-refractivity contribution in [3.05, 3.63) is 59.7 Å². The molecule has 0 radical (unpaired) electrons. The summed E-state index contributed by atoms with van der Waals surface area (Å²) in [6.45, 7) is -0.301. The lowest BCUT2D eigenvalue weighted by Crippen LogP contribution is -2.46. The molecule has 0 aliphatic heterocycles. The van der Waals surface area contributed by atoms with Crippen molar-refractivity contribution in [3.63, 3.8) is 0 Å². The highest BCUT2D eigenvalue weighted by molar-refractivity contribution is 7.18. The minimum atomic E-state index is -5.11. The van der Waals surface area contributed by atoms with E-state index in [1.54, 1.807) is 30.3 Å². The van der Waals surface area contributed by atoms with Crippen LogP contribution in [0.1, 0.15) is 17.3 Å². The van der Waals surface area contributed by atoms with Crippen LogP contribution >= 0.6 is 11.3 Å². The molecule has 0 spiro atoms. The zero-order chi connectivity index (χ0) is 22.1. The number of alkyl halides is 3. The number of pyridine rings is 1. The fourth-order valence-electron chi connectivity index (χ4n) is 2.76. The maximum Gasteiger partial charge on any atom is 0.424 e. The van der Waals surface area contributed by atoms with E-state index in [4.69, 9.17) is 4.52 Å². The molecule has 0 aliphatic carbocycles. The zero-order valence-corrected chi connectivity index (χ0v) is 16.4. The molecule has 0 fully saturated rings. The van der Waals surface area contributed by atoms with Crippen LogP contribution in [0.3, 0.4) is 0 Å². The Bertz CT molecular complexity index is 1180. The molecular weight excluding hydrogens is 435 g/mol. The van der Waals surface area contributed by atoms with Gasteiger partial charge < -0.3 is 14.9 Å². The monoisotopic (exact) mass is 449 g/mol. The van der Waals surface area contributed by atoms with Crippen LogP contribution in [0.25, 0.3) is 21.6 Å². The average Bonchev–Trinajstić information content (AvgIpc) is 3.39. The Hall–Kier alpha value is -3.38. The summed E-state index contributed by atoms with van der Waals surface area (Å²) in [6, 6.07) is 9.68. The summed E-state index contributed by atoms with van der Waals surface area (Å²) in [4.78, 5) is 24.1. The number of fused-ring (bicyclic) bond motifs is 1. The Balaban J connectivity index is 1.48. The Morgan fingerprint density at radius 1 is 1.13 bits per heavy atom. The average molecular weight is 449 g/mol. The molecule has 8 nitrogen and oxygen atoms in total. The SMILES string of the molecule is O=C(CC(O)(c1nc2ccccc2s1)C(F)(F)F)NCc1nc(-c2ccncc2)no1. The molecule has 12 heteroatoms. The number of nitrogens with zero attached hydrogens (tertiary/aromatic N) is 4. The van der Waals surface area contributed by atoms with Crippen LogP contribution in [0.15, 0.2) is 53.3 Å². The van der Waals surface area contributed by atoms with Crippen LogP contribution in [0.5, 0.6) is 0 Å². The number of aromatic nitrogens is 4. The summed E-state index contributed by atoms with van der Waals surface area (Å²) in [7, 11) is 0. The lowest BCUT2D eigenvalue weighted by atomic mass is 9.99. The molecule has 1 atom stereocenters. The third-order valence-corrected chi connectivity index (χ3v) is 5.56. The largest absolute Gasteiger partial charge is 0.424 e. The maximum absolute atomic E-state index is 13.7. The van der Waals surface area contributed by atoms with E-state index in [9.17, 15) is 23.1 Å². The summed E-state index contributed by atoms with van der Waals surface area (Å²) >= 11 is 0.681. The number of amides is 1. The molecule has 0 aliphatic rings. The third kappa shape index (κ3) is 4.25. The van der Waals surface area contributed by atoms with Gasteiger partial charge >= 0.3 is 6.18 Å². The fourth-order valence-corrected chi connectivity index (χ4v) is 3.83. The topological polar surface area (TPSA) is 114 Å². The standard InChI is InChI=1S/C19H14F3N5O3S/c20-19(21,22)18(29,17-25-12-3-1-2-4-13(12)31-17)9-14(28)24-10-15-26-16(27-30-15)11-5-7-23-8-6-11/h1-8,29H,9-10H2,(H,24,28). The molecule has 1 aromatic carbocycles. The molecule has 2 N–H and O–H groups in total. The van der Waals surface area contributed by atoms with Gasteiger partial charge in [0.15, 0.2) is 0 Å². The first-order valence-electron chi connectivity index (χ1n) is 8.91. The van der Waals surface area contributed by atoms with Crippen LogP contribution in [-0.4, -0.2) is 37.3 Å². The first kappa shape index (κ1) is 20.9. The van der Waals surface area contributed by atoms with Crippen molar-refractivity contribution < 1.29 is 27.6 Å². The molecular formula is C19H14F3N5O3S. The molecule has 4 rings (SSSR count). The first-order valence-corrected chi connectivity index (χ1v) is 9.73. The number of thiazole rings is 1. The van der Waals surface area contributed by atoms with Gasteiger partial charge in [0.05, 0.1) is 23.2 Å². The lowest BCUT2D eigenvalue weighted by Gasteiger charge is -2.27. The van der Waals surface area contributed by atoms with E-state index in [0.29, 0.717) is 27.1 Å². The van der Waals surface area contributed by atoms with E-state index in [1.165, 1.54) is 18.5 Å². The van der Waals surface area contributed by atoms with Crippen molar-refractivity contribution >= 4 is 27.5 Å². The molecule has 1 amide bonds. The number of nitrogens with one attached hydrogen (secondary N) is 1. The van der Waals surface area contributed by atoms with Crippen molar-refractivity contribution in [1.82, 2.24) is 25.4 Å². The molecule has 0 saturated carbocycles. The predicted octanol–water partition coefficient (Wildman–Crippen LogP) is 3.20. The van der Waals surface area contributed by atoms with Crippen LogP contribution < -0.4 is 5.32 Å². The van der Waals surface area contributed by atoms with Gasteiger partial charge in [0.25, 0.3) is 0 Å². The fraction of sp³-hybridized carbons (Fsp3) is 0.211. The van der Waals surface area contributed by atoms with E-state index < -0.39 is 29.1 Å². The lowest BCUT2D eigenvalue weighted by molar-refractivity contribution is -0.267. The van der Waals surface area contributed by atoms with Crippen LogP contribution in [0, 0.1) is 0 Å². The summed E-state index contributed by atoms with van der Waals surface area (Å²) in [5.74, 6) is -0.814. The highest BCUT2D eigenvalue weighted by atomic mass is 32.1. The normalized spacial score (nSPS) is 13.8. The van der Waals surface area contributed by atoms with Crippen LogP contribution in [0.4, 0.5) is 13.2 Å². The highest BCUT2D eigenvalue weighted by Gasteiger charge is 2.58. The minimum absolute atomic E-state index is 0.00398. The molecule has 0 saturated heterocycles. The Kier molecular flexibility index (Phi) is 5.41. The smallest absolute Gasteiger partial charge is 0.374 e. The van der Waals surface area contributed by atoms with Crippen molar-refractivity contribution in [2.24, 2.45) is 0 Å². The van der Waals surface area contributed by atoms with E-state index in [0.717, 1.165) is 0 Å². The van der Waals surface area contributed by atoms with Gasteiger partial charge in [0, 0.05) is 18.0 Å². The van der Waals surface area contributed by atoms with Gasteiger partial charge in [-0.3, -0.25) is 9.78 Å². The van der Waals surface area contributed by atoms with Crippen molar-refractivity contribution in [3.8, 4) is 11.4 Å². The van der Waals surface area contributed by atoms with Crippen LogP contribution in [0.2, 0.25) is 0 Å². The van der Waals surface area contributed by atoms with E-state index in [1.807, 2.05) is 0 Å². The number of halogens is 3. The Morgan fingerprint density at radius 2 is 1.87 bits per heavy atom. The second-order valence-electron chi connectivity index (χ2n) is 6.55.